The number of hydrogen-bond donors (Lipinski definition) is 0. The second-order valence-corrected chi connectivity index (χ2v) is 7.38. The Morgan fingerprint density at radius 2 is 1.70 bits per heavy atom. The third-order valence-electron chi connectivity index (χ3n) is 5.23. The topological polar surface area (TPSA) is 62.6 Å². The molecule has 2 aliphatic heterocycles. The summed E-state index contributed by atoms with van der Waals surface area (Å²) in [6.07, 6.45) is 4.02. The van der Waals surface area contributed by atoms with Gasteiger partial charge in [0.15, 0.2) is 0 Å². The first-order valence-corrected chi connectivity index (χ1v) is 9.82. The number of hydrogen-bond acceptors (Lipinski definition) is 7. The van der Waals surface area contributed by atoms with E-state index in [1.165, 1.54) is 5.56 Å². The normalized spacial score (nSPS) is 18.9. The third-order valence-corrected chi connectivity index (χ3v) is 5.23. The fraction of sp³-hybridized carbons (Fsp3) is 0.632. The van der Waals surface area contributed by atoms with Gasteiger partial charge in [0, 0.05) is 63.8 Å². The Bertz CT molecular complexity index is 748. The van der Waals surface area contributed by atoms with Crippen molar-refractivity contribution in [1.82, 2.24) is 24.6 Å². The number of ether oxygens (including phenoxy) is 1. The fourth-order valence-electron chi connectivity index (χ4n) is 3.64. The van der Waals surface area contributed by atoms with Crippen LogP contribution in [0.2, 0.25) is 0 Å². The molecular formula is C19H29N7O. The Hall–Kier alpha value is -2.19. The largest absolute Gasteiger partial charge is 0.378 e. The zero-order valence-electron chi connectivity index (χ0n) is 16.3. The molecule has 0 amide bonds. The number of rotatable bonds is 5. The van der Waals surface area contributed by atoms with Gasteiger partial charge in [-0.3, -0.25) is 9.58 Å². The summed E-state index contributed by atoms with van der Waals surface area (Å²) in [6, 6.07) is 2.10. The Kier molecular flexibility index (Phi) is 5.54. The molecular weight excluding hydrogens is 342 g/mol. The molecule has 0 bridgehead atoms. The first-order chi connectivity index (χ1) is 13.2. The maximum atomic E-state index is 5.45. The summed E-state index contributed by atoms with van der Waals surface area (Å²) in [5, 5.41) is 4.38. The van der Waals surface area contributed by atoms with Gasteiger partial charge in [0.05, 0.1) is 26.0 Å². The van der Waals surface area contributed by atoms with Crippen molar-refractivity contribution in [3.8, 4) is 0 Å². The standard InChI is InChI=1S/C19H29N7O/c1-16-14-20-26(15-16)8-5-23-3-6-24(7-4-23)18-13-17(2)21-19(22-18)25-9-11-27-12-10-25/h13-15H,3-12H2,1-2H3. The molecule has 0 spiro atoms. The van der Waals surface area contributed by atoms with Crippen molar-refractivity contribution < 1.29 is 4.74 Å². The van der Waals surface area contributed by atoms with Crippen molar-refractivity contribution in [2.75, 3.05) is 68.8 Å². The number of anilines is 2. The van der Waals surface area contributed by atoms with Crippen molar-refractivity contribution in [2.24, 2.45) is 0 Å². The van der Waals surface area contributed by atoms with Crippen LogP contribution < -0.4 is 9.80 Å². The Balaban J connectivity index is 1.34. The molecule has 0 N–H and O–H groups in total. The van der Waals surface area contributed by atoms with Crippen LogP contribution in [-0.4, -0.2) is 83.7 Å². The van der Waals surface area contributed by atoms with Crippen LogP contribution in [-0.2, 0) is 11.3 Å². The highest BCUT2D eigenvalue weighted by Gasteiger charge is 2.21. The van der Waals surface area contributed by atoms with Gasteiger partial charge in [-0.05, 0) is 19.4 Å². The van der Waals surface area contributed by atoms with E-state index in [4.69, 9.17) is 9.72 Å². The lowest BCUT2D eigenvalue weighted by molar-refractivity contribution is 0.122. The SMILES string of the molecule is Cc1cnn(CCN2CCN(c3cc(C)nc(N4CCOCC4)n3)CC2)c1. The molecule has 2 saturated heterocycles. The van der Waals surface area contributed by atoms with Gasteiger partial charge < -0.3 is 14.5 Å². The highest BCUT2D eigenvalue weighted by atomic mass is 16.5. The van der Waals surface area contributed by atoms with Crippen LogP contribution in [0.3, 0.4) is 0 Å². The van der Waals surface area contributed by atoms with Gasteiger partial charge in [-0.25, -0.2) is 4.98 Å². The van der Waals surface area contributed by atoms with E-state index in [0.717, 1.165) is 83.0 Å². The third kappa shape index (κ3) is 4.56. The molecule has 4 heterocycles. The Morgan fingerprint density at radius 3 is 2.41 bits per heavy atom. The second-order valence-electron chi connectivity index (χ2n) is 7.38. The molecule has 2 aromatic heterocycles. The number of aromatic nitrogens is 4. The molecule has 0 unspecified atom stereocenters. The molecule has 4 rings (SSSR count). The molecule has 0 saturated carbocycles. The summed E-state index contributed by atoms with van der Waals surface area (Å²) < 4.78 is 7.48. The molecule has 2 fully saturated rings. The van der Waals surface area contributed by atoms with Crippen LogP contribution >= 0.6 is 0 Å². The maximum Gasteiger partial charge on any atom is 0.227 e. The molecule has 146 valence electrons. The van der Waals surface area contributed by atoms with Gasteiger partial charge in [0.25, 0.3) is 0 Å². The minimum Gasteiger partial charge on any atom is -0.378 e. The van der Waals surface area contributed by atoms with E-state index in [1.54, 1.807) is 0 Å². The lowest BCUT2D eigenvalue weighted by atomic mass is 10.3. The quantitative estimate of drug-likeness (QED) is 0.775. The lowest BCUT2D eigenvalue weighted by Crippen LogP contribution is -2.47. The fourth-order valence-corrected chi connectivity index (χ4v) is 3.64. The van der Waals surface area contributed by atoms with Crippen LogP contribution in [0.4, 0.5) is 11.8 Å². The van der Waals surface area contributed by atoms with Crippen molar-refractivity contribution in [3.63, 3.8) is 0 Å². The van der Waals surface area contributed by atoms with E-state index in [0.29, 0.717) is 0 Å². The van der Waals surface area contributed by atoms with Crippen molar-refractivity contribution in [1.29, 1.82) is 0 Å². The maximum absolute atomic E-state index is 5.45. The van der Waals surface area contributed by atoms with E-state index < -0.39 is 0 Å². The summed E-state index contributed by atoms with van der Waals surface area (Å²) in [5.74, 6) is 1.89. The summed E-state index contributed by atoms with van der Waals surface area (Å²) in [4.78, 5) is 16.6. The van der Waals surface area contributed by atoms with Gasteiger partial charge in [0.2, 0.25) is 5.95 Å². The molecule has 0 aliphatic carbocycles. The monoisotopic (exact) mass is 371 g/mol. The van der Waals surface area contributed by atoms with Gasteiger partial charge in [0.1, 0.15) is 5.82 Å². The van der Waals surface area contributed by atoms with E-state index in [9.17, 15) is 0 Å². The average Bonchev–Trinajstić information content (AvgIpc) is 3.12. The molecule has 2 aliphatic rings. The van der Waals surface area contributed by atoms with E-state index >= 15 is 0 Å². The summed E-state index contributed by atoms with van der Waals surface area (Å²) in [6.45, 7) is 13.4. The molecule has 8 heteroatoms. The molecule has 0 radical (unpaired) electrons. The number of nitrogens with zero attached hydrogens (tertiary/aromatic N) is 7. The predicted molar refractivity (Wildman–Crippen MR) is 105 cm³/mol. The number of morpholine rings is 1. The molecule has 0 aromatic carbocycles. The van der Waals surface area contributed by atoms with Gasteiger partial charge in [-0.15, -0.1) is 0 Å². The van der Waals surface area contributed by atoms with Gasteiger partial charge in [-0.1, -0.05) is 0 Å². The Labute approximate surface area is 160 Å². The van der Waals surface area contributed by atoms with E-state index in [-0.39, 0.29) is 0 Å². The number of aryl methyl sites for hydroxylation is 2. The van der Waals surface area contributed by atoms with Gasteiger partial charge >= 0.3 is 0 Å². The predicted octanol–water partition coefficient (Wildman–Crippen LogP) is 0.949. The zero-order valence-corrected chi connectivity index (χ0v) is 16.3. The van der Waals surface area contributed by atoms with Crippen molar-refractivity contribution in [2.45, 2.75) is 20.4 Å². The summed E-state index contributed by atoms with van der Waals surface area (Å²) in [7, 11) is 0. The van der Waals surface area contributed by atoms with Crippen molar-refractivity contribution in [3.05, 3.63) is 29.7 Å². The van der Waals surface area contributed by atoms with Crippen molar-refractivity contribution >= 4 is 11.8 Å². The highest BCUT2D eigenvalue weighted by molar-refractivity contribution is 5.46. The van der Waals surface area contributed by atoms with Crippen LogP contribution in [0.1, 0.15) is 11.3 Å². The summed E-state index contributed by atoms with van der Waals surface area (Å²) >= 11 is 0. The number of piperazine rings is 1. The minimum atomic E-state index is 0.751. The van der Waals surface area contributed by atoms with Gasteiger partial charge in [-0.2, -0.15) is 10.1 Å². The van der Waals surface area contributed by atoms with Crippen LogP contribution in [0.15, 0.2) is 18.5 Å². The van der Waals surface area contributed by atoms with Crippen LogP contribution in [0.25, 0.3) is 0 Å². The van der Waals surface area contributed by atoms with E-state index in [2.05, 4.69) is 50.9 Å². The summed E-state index contributed by atoms with van der Waals surface area (Å²) in [5.41, 5.74) is 2.24. The molecule has 27 heavy (non-hydrogen) atoms. The van der Waals surface area contributed by atoms with E-state index in [1.807, 2.05) is 10.9 Å². The zero-order chi connectivity index (χ0) is 18.6. The van der Waals surface area contributed by atoms with Crippen LogP contribution in [0.5, 0.6) is 0 Å². The molecule has 8 nitrogen and oxygen atoms in total. The molecule has 0 atom stereocenters. The molecule has 2 aromatic rings. The first kappa shape index (κ1) is 18.2. The minimum absolute atomic E-state index is 0.751. The average molecular weight is 371 g/mol. The lowest BCUT2D eigenvalue weighted by Gasteiger charge is -2.36. The first-order valence-electron chi connectivity index (χ1n) is 9.82. The van der Waals surface area contributed by atoms with Crippen LogP contribution in [0, 0.1) is 13.8 Å². The second kappa shape index (κ2) is 8.22. The highest BCUT2D eigenvalue weighted by Crippen LogP contribution is 2.19. The Morgan fingerprint density at radius 1 is 0.926 bits per heavy atom. The smallest absolute Gasteiger partial charge is 0.227 e.